The number of benzene rings is 2. The number of aryl methyl sites for hydroxylation is 1. The smallest absolute Gasteiger partial charge is 0.228 e. The Bertz CT molecular complexity index is 1040. The summed E-state index contributed by atoms with van der Waals surface area (Å²) >= 11 is 0. The summed E-state index contributed by atoms with van der Waals surface area (Å²) in [6.45, 7) is 3.02. The molecule has 138 valence electrons. The number of nitrogens with zero attached hydrogens (tertiary/aromatic N) is 2. The lowest BCUT2D eigenvalue weighted by molar-refractivity contribution is -0.126. The van der Waals surface area contributed by atoms with Gasteiger partial charge < -0.3 is 15.2 Å². The number of carbonyl (C=O) groups excluding carboxylic acids is 2. The molecule has 6 nitrogen and oxygen atoms in total. The van der Waals surface area contributed by atoms with Gasteiger partial charge in [0.2, 0.25) is 11.8 Å². The van der Waals surface area contributed by atoms with E-state index < -0.39 is 11.7 Å². The highest BCUT2D eigenvalue weighted by Gasteiger charge is 2.31. The van der Waals surface area contributed by atoms with Crippen LogP contribution in [0.3, 0.4) is 0 Å². The maximum absolute atomic E-state index is 13.4. The summed E-state index contributed by atoms with van der Waals surface area (Å²) in [4.78, 5) is 29.3. The summed E-state index contributed by atoms with van der Waals surface area (Å²) in [5, 5.41) is 5.50. The molecule has 2 heterocycles. The van der Waals surface area contributed by atoms with E-state index in [-0.39, 0.29) is 24.8 Å². The summed E-state index contributed by atoms with van der Waals surface area (Å²) in [6, 6.07) is 11.9. The maximum Gasteiger partial charge on any atom is 0.228 e. The van der Waals surface area contributed by atoms with Crippen LogP contribution in [0.1, 0.15) is 30.7 Å². The van der Waals surface area contributed by atoms with Crippen LogP contribution >= 0.6 is 0 Å². The van der Waals surface area contributed by atoms with E-state index in [1.165, 1.54) is 12.1 Å². The minimum atomic E-state index is -0.645. The number of aromatic nitrogens is 2. The third-order valence-corrected chi connectivity index (χ3v) is 4.84. The van der Waals surface area contributed by atoms with Crippen LogP contribution in [0.25, 0.3) is 11.0 Å². The van der Waals surface area contributed by atoms with Crippen LogP contribution in [0, 0.1) is 5.82 Å². The van der Waals surface area contributed by atoms with Gasteiger partial charge in [0.15, 0.2) is 0 Å². The number of nitrogens with one attached hydrogen (secondary N) is 2. The predicted molar refractivity (Wildman–Crippen MR) is 99.6 cm³/mol. The van der Waals surface area contributed by atoms with E-state index in [1.807, 2.05) is 35.8 Å². The number of hydrogen-bond donors (Lipinski definition) is 2. The van der Waals surface area contributed by atoms with E-state index in [0.717, 1.165) is 23.4 Å². The van der Waals surface area contributed by atoms with Gasteiger partial charge in [0.25, 0.3) is 0 Å². The number of amides is 2. The van der Waals surface area contributed by atoms with Gasteiger partial charge in [-0.3, -0.25) is 9.59 Å². The van der Waals surface area contributed by atoms with E-state index in [1.54, 1.807) is 6.07 Å². The fourth-order valence-electron chi connectivity index (χ4n) is 3.57. The number of imidazole rings is 1. The third kappa shape index (κ3) is 3.16. The van der Waals surface area contributed by atoms with Crippen molar-refractivity contribution in [1.29, 1.82) is 0 Å². The first kappa shape index (κ1) is 17.2. The summed E-state index contributed by atoms with van der Waals surface area (Å²) in [5.41, 5.74) is 2.87. The molecule has 1 aliphatic heterocycles. The van der Waals surface area contributed by atoms with Gasteiger partial charge in [0.1, 0.15) is 11.6 Å². The maximum atomic E-state index is 13.4. The molecule has 0 fully saturated rings. The van der Waals surface area contributed by atoms with Gasteiger partial charge in [-0.2, -0.15) is 0 Å². The zero-order valence-electron chi connectivity index (χ0n) is 14.8. The molecule has 0 bridgehead atoms. The first-order chi connectivity index (χ1) is 13.1. The summed E-state index contributed by atoms with van der Waals surface area (Å²) in [5.74, 6) is -0.909. The molecule has 1 aromatic heterocycles. The van der Waals surface area contributed by atoms with Crippen molar-refractivity contribution in [3.8, 4) is 0 Å². The highest BCUT2D eigenvalue weighted by Crippen LogP contribution is 2.32. The monoisotopic (exact) mass is 366 g/mol. The van der Waals surface area contributed by atoms with Gasteiger partial charge in [0, 0.05) is 18.7 Å². The average Bonchev–Trinajstić information content (AvgIpc) is 3.02. The molecule has 0 saturated carbocycles. The van der Waals surface area contributed by atoms with Crippen LogP contribution in [0.15, 0.2) is 42.5 Å². The molecule has 3 aromatic rings. The topological polar surface area (TPSA) is 76.0 Å². The Balaban J connectivity index is 1.56. The molecule has 1 atom stereocenters. The van der Waals surface area contributed by atoms with Crippen molar-refractivity contribution < 1.29 is 14.0 Å². The SMILES string of the molecule is CCn1c(CNC(=O)[C@H]2CC(=O)Nc3cc(F)ccc32)nc2ccccc21. The van der Waals surface area contributed by atoms with Crippen molar-refractivity contribution in [1.82, 2.24) is 14.9 Å². The quantitative estimate of drug-likeness (QED) is 0.745. The Kier molecular flexibility index (Phi) is 4.35. The fourth-order valence-corrected chi connectivity index (χ4v) is 3.57. The molecule has 2 aromatic carbocycles. The Morgan fingerprint density at radius 1 is 1.33 bits per heavy atom. The Morgan fingerprint density at radius 2 is 2.15 bits per heavy atom. The van der Waals surface area contributed by atoms with Crippen LogP contribution in [0.2, 0.25) is 0 Å². The lowest BCUT2D eigenvalue weighted by Gasteiger charge is -2.24. The normalized spacial score (nSPS) is 16.1. The number of anilines is 1. The van der Waals surface area contributed by atoms with Gasteiger partial charge in [0.05, 0.1) is 23.5 Å². The fraction of sp³-hybridized carbons (Fsp3) is 0.250. The molecule has 0 unspecified atom stereocenters. The zero-order chi connectivity index (χ0) is 19.0. The first-order valence-corrected chi connectivity index (χ1v) is 8.88. The number of carbonyl (C=O) groups is 2. The molecule has 2 amide bonds. The molecule has 27 heavy (non-hydrogen) atoms. The highest BCUT2D eigenvalue weighted by atomic mass is 19.1. The van der Waals surface area contributed by atoms with Crippen molar-refractivity contribution in [3.63, 3.8) is 0 Å². The van der Waals surface area contributed by atoms with Crippen LogP contribution in [-0.4, -0.2) is 21.4 Å². The summed E-state index contributed by atoms with van der Waals surface area (Å²) in [6.07, 6.45) is 0.0364. The van der Waals surface area contributed by atoms with Crippen molar-refractivity contribution >= 4 is 28.5 Å². The molecule has 0 radical (unpaired) electrons. The van der Waals surface area contributed by atoms with Crippen molar-refractivity contribution in [2.24, 2.45) is 0 Å². The Morgan fingerprint density at radius 3 is 2.96 bits per heavy atom. The van der Waals surface area contributed by atoms with Gasteiger partial charge in [-0.05, 0) is 36.8 Å². The summed E-state index contributed by atoms with van der Waals surface area (Å²) in [7, 11) is 0. The standard InChI is InChI=1S/C20H19FN4O2/c1-2-25-17-6-4-3-5-15(17)23-18(25)11-22-20(27)14-10-19(26)24-16-9-12(21)7-8-13(14)16/h3-9,14H,2,10-11H2,1H3,(H,22,27)(H,24,26)/t14-/m0/s1. The lowest BCUT2D eigenvalue weighted by atomic mass is 9.89. The number of para-hydroxylation sites is 2. The van der Waals surface area contributed by atoms with E-state index in [0.29, 0.717) is 11.3 Å². The number of rotatable bonds is 4. The minimum absolute atomic E-state index is 0.0364. The lowest BCUT2D eigenvalue weighted by Crippen LogP contribution is -2.35. The molecule has 0 saturated heterocycles. The second kappa shape index (κ2) is 6.83. The number of fused-ring (bicyclic) bond motifs is 2. The van der Waals surface area contributed by atoms with Crippen LogP contribution in [0.5, 0.6) is 0 Å². The van der Waals surface area contributed by atoms with Gasteiger partial charge in [-0.15, -0.1) is 0 Å². The molecule has 1 aliphatic rings. The second-order valence-corrected chi connectivity index (χ2v) is 6.52. The van der Waals surface area contributed by atoms with Crippen molar-refractivity contribution in [2.75, 3.05) is 5.32 Å². The Hall–Kier alpha value is -3.22. The molecular weight excluding hydrogens is 347 g/mol. The zero-order valence-corrected chi connectivity index (χ0v) is 14.8. The van der Waals surface area contributed by atoms with E-state index in [4.69, 9.17) is 0 Å². The molecule has 0 aliphatic carbocycles. The predicted octanol–water partition coefficient (Wildman–Crippen LogP) is 2.94. The third-order valence-electron chi connectivity index (χ3n) is 4.84. The molecule has 7 heteroatoms. The highest BCUT2D eigenvalue weighted by molar-refractivity contribution is 6.01. The van der Waals surface area contributed by atoms with Crippen LogP contribution in [0.4, 0.5) is 10.1 Å². The number of halogens is 1. The molecule has 0 spiro atoms. The minimum Gasteiger partial charge on any atom is -0.348 e. The van der Waals surface area contributed by atoms with E-state index in [2.05, 4.69) is 15.6 Å². The second-order valence-electron chi connectivity index (χ2n) is 6.52. The first-order valence-electron chi connectivity index (χ1n) is 8.88. The molecule has 4 rings (SSSR count). The molecule has 2 N–H and O–H groups in total. The van der Waals surface area contributed by atoms with Crippen molar-refractivity contribution in [3.05, 3.63) is 59.7 Å². The van der Waals surface area contributed by atoms with Crippen LogP contribution in [-0.2, 0) is 22.7 Å². The largest absolute Gasteiger partial charge is 0.348 e. The van der Waals surface area contributed by atoms with E-state index in [9.17, 15) is 14.0 Å². The summed E-state index contributed by atoms with van der Waals surface area (Å²) < 4.78 is 15.5. The van der Waals surface area contributed by atoms with Crippen LogP contribution < -0.4 is 10.6 Å². The van der Waals surface area contributed by atoms with Crippen molar-refractivity contribution in [2.45, 2.75) is 32.4 Å². The van der Waals surface area contributed by atoms with Gasteiger partial charge in [-0.1, -0.05) is 18.2 Å². The average molecular weight is 366 g/mol. The molecular formula is C20H19FN4O2. The Labute approximate surface area is 155 Å². The number of hydrogen-bond acceptors (Lipinski definition) is 3. The van der Waals surface area contributed by atoms with Gasteiger partial charge >= 0.3 is 0 Å². The van der Waals surface area contributed by atoms with Gasteiger partial charge in [-0.25, -0.2) is 9.37 Å². The van der Waals surface area contributed by atoms with E-state index >= 15 is 0 Å².